The van der Waals surface area contributed by atoms with Crippen molar-refractivity contribution in [3.8, 4) is 39.6 Å². The van der Waals surface area contributed by atoms with Crippen LogP contribution in [0.4, 0.5) is 0 Å². The molecule has 0 amide bonds. The van der Waals surface area contributed by atoms with Crippen molar-refractivity contribution >= 4 is 23.3 Å². The largest absolute Gasteiger partial charge is 0.493 e. The van der Waals surface area contributed by atoms with E-state index in [1.165, 1.54) is 16.4 Å². The quantitative estimate of drug-likeness (QED) is 0.554. The van der Waals surface area contributed by atoms with Gasteiger partial charge in [-0.3, -0.25) is 0 Å². The summed E-state index contributed by atoms with van der Waals surface area (Å²) in [6, 6.07) is 12.3. The summed E-state index contributed by atoms with van der Waals surface area (Å²) in [5.41, 5.74) is 4.06. The van der Waals surface area contributed by atoms with E-state index >= 15 is 0 Å². The number of methoxy groups -OCH3 is 3. The molecule has 0 aliphatic heterocycles. The van der Waals surface area contributed by atoms with Crippen molar-refractivity contribution in [2.45, 2.75) is 4.90 Å². The van der Waals surface area contributed by atoms with Crippen LogP contribution >= 0.6 is 23.3 Å². The summed E-state index contributed by atoms with van der Waals surface area (Å²) in [5, 5.41) is 2.06. The van der Waals surface area contributed by atoms with Crippen molar-refractivity contribution in [2.75, 3.05) is 27.6 Å². The van der Waals surface area contributed by atoms with Crippen LogP contribution in [0.5, 0.6) is 17.2 Å². The van der Waals surface area contributed by atoms with Gasteiger partial charge in [0.25, 0.3) is 0 Å². The maximum atomic E-state index is 5.46. The Morgan fingerprint density at radius 3 is 2.04 bits per heavy atom. The molecule has 4 nitrogen and oxygen atoms in total. The topological polar surface area (TPSA) is 40.6 Å². The number of thioether (sulfide) groups is 1. The molecule has 0 aliphatic rings. The van der Waals surface area contributed by atoms with Gasteiger partial charge in [-0.15, -0.1) is 11.8 Å². The molecule has 3 rings (SSSR count). The van der Waals surface area contributed by atoms with Crippen LogP contribution in [-0.4, -0.2) is 32.0 Å². The number of nitrogens with zero attached hydrogens (tertiary/aromatic N) is 1. The first-order valence-corrected chi connectivity index (χ1v) is 9.67. The van der Waals surface area contributed by atoms with E-state index in [1.807, 2.05) is 12.1 Å². The number of rotatable bonds is 6. The first-order valence-electron chi connectivity index (χ1n) is 7.61. The predicted octanol–water partition coefficient (Wildman–Crippen LogP) is 5.22. The van der Waals surface area contributed by atoms with Gasteiger partial charge >= 0.3 is 0 Å². The Labute approximate surface area is 155 Å². The van der Waals surface area contributed by atoms with Gasteiger partial charge in [0.05, 0.1) is 27.0 Å². The maximum absolute atomic E-state index is 5.46. The van der Waals surface area contributed by atoms with E-state index in [2.05, 4.69) is 40.3 Å². The van der Waals surface area contributed by atoms with Gasteiger partial charge in [-0.2, -0.15) is 4.37 Å². The third-order valence-electron chi connectivity index (χ3n) is 3.91. The minimum atomic E-state index is 0.579. The van der Waals surface area contributed by atoms with Crippen LogP contribution in [0.2, 0.25) is 0 Å². The molecule has 0 fully saturated rings. The molecular weight excluding hydrogens is 354 g/mol. The highest BCUT2D eigenvalue weighted by molar-refractivity contribution is 7.98. The fraction of sp³-hybridized carbons (Fsp3) is 0.211. The zero-order chi connectivity index (χ0) is 17.8. The molecule has 25 heavy (non-hydrogen) atoms. The van der Waals surface area contributed by atoms with Crippen LogP contribution in [0.15, 0.2) is 46.7 Å². The van der Waals surface area contributed by atoms with E-state index in [4.69, 9.17) is 14.2 Å². The fourth-order valence-electron chi connectivity index (χ4n) is 2.64. The molecule has 0 bridgehead atoms. The lowest BCUT2D eigenvalue weighted by molar-refractivity contribution is 0.324. The second-order valence-electron chi connectivity index (χ2n) is 5.22. The van der Waals surface area contributed by atoms with E-state index < -0.39 is 0 Å². The van der Waals surface area contributed by atoms with E-state index in [9.17, 15) is 0 Å². The molecule has 6 heteroatoms. The van der Waals surface area contributed by atoms with Gasteiger partial charge in [0.15, 0.2) is 11.5 Å². The maximum Gasteiger partial charge on any atom is 0.203 e. The lowest BCUT2D eigenvalue weighted by atomic mass is 10.0. The van der Waals surface area contributed by atoms with Crippen molar-refractivity contribution < 1.29 is 14.2 Å². The average molecular weight is 373 g/mol. The van der Waals surface area contributed by atoms with Crippen LogP contribution in [0.25, 0.3) is 22.4 Å². The number of benzene rings is 2. The highest BCUT2D eigenvalue weighted by atomic mass is 32.2. The summed E-state index contributed by atoms with van der Waals surface area (Å²) in [7, 11) is 4.83. The van der Waals surface area contributed by atoms with Crippen LogP contribution < -0.4 is 14.2 Å². The molecule has 0 unspecified atom stereocenters. The lowest BCUT2D eigenvalue weighted by Crippen LogP contribution is -1.96. The SMILES string of the molecule is COc1cc(-c2nscc2-c2ccc(SC)cc2)cc(OC)c1OC. The summed E-state index contributed by atoms with van der Waals surface area (Å²) in [6.45, 7) is 0. The molecule has 0 radical (unpaired) electrons. The van der Waals surface area contributed by atoms with Gasteiger partial charge in [0.2, 0.25) is 5.75 Å². The third kappa shape index (κ3) is 3.45. The van der Waals surface area contributed by atoms with E-state index in [0.717, 1.165) is 22.4 Å². The number of hydrogen-bond donors (Lipinski definition) is 0. The molecule has 130 valence electrons. The fourth-order valence-corrected chi connectivity index (χ4v) is 3.76. The monoisotopic (exact) mass is 373 g/mol. The highest BCUT2D eigenvalue weighted by Gasteiger charge is 2.18. The summed E-state index contributed by atoms with van der Waals surface area (Å²) in [6.07, 6.45) is 2.07. The lowest BCUT2D eigenvalue weighted by Gasteiger charge is -2.14. The molecule has 0 N–H and O–H groups in total. The average Bonchev–Trinajstić information content (AvgIpc) is 3.16. The first-order chi connectivity index (χ1) is 12.2. The smallest absolute Gasteiger partial charge is 0.203 e. The minimum Gasteiger partial charge on any atom is -0.493 e. The highest BCUT2D eigenvalue weighted by Crippen LogP contribution is 2.43. The second kappa shape index (κ2) is 7.80. The molecule has 0 saturated carbocycles. The Bertz CT molecular complexity index is 834. The van der Waals surface area contributed by atoms with Crippen molar-refractivity contribution in [3.63, 3.8) is 0 Å². The van der Waals surface area contributed by atoms with Gasteiger partial charge in [0.1, 0.15) is 0 Å². The summed E-state index contributed by atoms with van der Waals surface area (Å²) < 4.78 is 20.9. The Kier molecular flexibility index (Phi) is 5.50. The summed E-state index contributed by atoms with van der Waals surface area (Å²) in [4.78, 5) is 1.24. The van der Waals surface area contributed by atoms with Crippen molar-refractivity contribution in [1.29, 1.82) is 0 Å². The predicted molar refractivity (Wildman–Crippen MR) is 104 cm³/mol. The number of hydrogen-bond acceptors (Lipinski definition) is 6. The van der Waals surface area contributed by atoms with Gasteiger partial charge in [-0.25, -0.2) is 0 Å². The number of aromatic nitrogens is 1. The van der Waals surface area contributed by atoms with E-state index in [-0.39, 0.29) is 0 Å². The van der Waals surface area contributed by atoms with Crippen molar-refractivity contribution in [3.05, 3.63) is 41.8 Å². The third-order valence-corrected chi connectivity index (χ3v) is 5.28. The van der Waals surface area contributed by atoms with Crippen LogP contribution in [0, 0.1) is 0 Å². The molecule has 0 spiro atoms. The van der Waals surface area contributed by atoms with Gasteiger partial charge < -0.3 is 14.2 Å². The summed E-state index contributed by atoms with van der Waals surface area (Å²) >= 11 is 3.16. The molecule has 1 aromatic heterocycles. The molecule has 3 aromatic rings. The van der Waals surface area contributed by atoms with Crippen LogP contribution in [-0.2, 0) is 0 Å². The molecule has 0 atom stereocenters. The molecule has 2 aromatic carbocycles. The molecule has 0 saturated heterocycles. The Morgan fingerprint density at radius 2 is 1.52 bits per heavy atom. The number of ether oxygens (including phenoxy) is 3. The zero-order valence-corrected chi connectivity index (χ0v) is 16.2. The Balaban J connectivity index is 2.10. The van der Waals surface area contributed by atoms with Gasteiger partial charge in [-0.1, -0.05) is 12.1 Å². The van der Waals surface area contributed by atoms with E-state index in [1.54, 1.807) is 33.1 Å². The second-order valence-corrected chi connectivity index (χ2v) is 6.73. The minimum absolute atomic E-state index is 0.579. The Morgan fingerprint density at radius 1 is 0.880 bits per heavy atom. The van der Waals surface area contributed by atoms with Crippen LogP contribution in [0.1, 0.15) is 0 Å². The van der Waals surface area contributed by atoms with Crippen LogP contribution in [0.3, 0.4) is 0 Å². The zero-order valence-electron chi connectivity index (χ0n) is 14.5. The molecule has 0 aliphatic carbocycles. The standard InChI is InChI=1S/C19H19NO3S2/c1-21-16-9-13(10-17(22-2)19(16)23-3)18-15(11-25-20-18)12-5-7-14(24-4)8-6-12/h5-11H,1-4H3. The normalized spacial score (nSPS) is 10.6. The summed E-state index contributed by atoms with van der Waals surface area (Å²) in [5.74, 6) is 1.82. The molecular formula is C19H19NO3S2. The van der Waals surface area contributed by atoms with Gasteiger partial charge in [0, 0.05) is 21.4 Å². The first kappa shape index (κ1) is 17.6. The van der Waals surface area contributed by atoms with E-state index in [0.29, 0.717) is 17.2 Å². The van der Waals surface area contributed by atoms with Crippen molar-refractivity contribution in [2.24, 2.45) is 0 Å². The Hall–Kier alpha value is -2.18. The molecule has 1 heterocycles. The van der Waals surface area contributed by atoms with Gasteiger partial charge in [-0.05, 0) is 47.6 Å². The van der Waals surface area contributed by atoms with Crippen molar-refractivity contribution in [1.82, 2.24) is 4.37 Å².